The van der Waals surface area contributed by atoms with Gasteiger partial charge in [0.2, 0.25) is 0 Å². The molecule has 2 heterocycles. The van der Waals surface area contributed by atoms with E-state index in [0.29, 0.717) is 16.5 Å². The van der Waals surface area contributed by atoms with Gasteiger partial charge in [-0.3, -0.25) is 0 Å². The number of fused-ring (bicyclic) bond motifs is 2. The molecule has 1 aliphatic rings. The predicted molar refractivity (Wildman–Crippen MR) is 147 cm³/mol. The summed E-state index contributed by atoms with van der Waals surface area (Å²) >= 11 is 6.22. The Labute approximate surface area is 219 Å². The Hall–Kier alpha value is -4.42. The van der Waals surface area contributed by atoms with Crippen LogP contribution in [0.15, 0.2) is 118 Å². The van der Waals surface area contributed by atoms with E-state index in [4.69, 9.17) is 31.2 Å². The normalized spacial score (nSPS) is 17.2. The van der Waals surface area contributed by atoms with E-state index in [0.717, 1.165) is 39.2 Å². The lowest BCUT2D eigenvalue weighted by molar-refractivity contribution is 0.198. The van der Waals surface area contributed by atoms with Crippen LogP contribution in [-0.2, 0) is 0 Å². The number of aliphatic imine (C=N–C) groups is 1. The topological polar surface area (TPSA) is 71.3 Å². The maximum absolute atomic E-state index is 6.64. The SMILES string of the molecule is COc1ccc(C2Oc3ccccc3N=C(c3c[nH]c4ccccc34)C2N=Nc2cccc(Cl)c2)cc1. The highest BCUT2D eigenvalue weighted by Crippen LogP contribution is 2.40. The van der Waals surface area contributed by atoms with Crippen molar-refractivity contribution in [2.75, 3.05) is 7.11 Å². The van der Waals surface area contributed by atoms with Gasteiger partial charge in [0.1, 0.15) is 17.2 Å². The molecule has 0 saturated carbocycles. The first kappa shape index (κ1) is 23.0. The minimum absolute atomic E-state index is 0.495. The number of benzene rings is 4. The lowest BCUT2D eigenvalue weighted by atomic mass is 9.94. The Morgan fingerprint density at radius 2 is 1.73 bits per heavy atom. The van der Waals surface area contributed by atoms with Gasteiger partial charge in [0.05, 0.1) is 18.5 Å². The Morgan fingerprint density at radius 1 is 0.919 bits per heavy atom. The quantitative estimate of drug-likeness (QED) is 0.244. The van der Waals surface area contributed by atoms with Crippen LogP contribution in [0.5, 0.6) is 11.5 Å². The largest absolute Gasteiger partial charge is 0.497 e. The van der Waals surface area contributed by atoms with Crippen molar-refractivity contribution in [2.24, 2.45) is 15.2 Å². The summed E-state index contributed by atoms with van der Waals surface area (Å²) < 4.78 is 12.0. The standard InChI is InChI=1S/C30H23ClN4O2/c1-36-22-15-13-19(14-16-22)30-29(35-34-21-8-6-7-20(31)17-21)28(33-26-11-4-5-12-27(26)37-30)24-18-32-25-10-3-2-9-23(24)25/h2-18,29-30,32H,1H3. The number of methoxy groups -OCH3 is 1. The highest BCUT2D eigenvalue weighted by Gasteiger charge is 2.35. The Morgan fingerprint density at radius 3 is 2.57 bits per heavy atom. The molecule has 182 valence electrons. The van der Waals surface area contributed by atoms with Gasteiger partial charge in [-0.15, -0.1) is 0 Å². The van der Waals surface area contributed by atoms with E-state index in [1.54, 1.807) is 13.2 Å². The van der Waals surface area contributed by atoms with E-state index in [1.165, 1.54) is 0 Å². The van der Waals surface area contributed by atoms with Crippen LogP contribution in [0, 0.1) is 0 Å². The van der Waals surface area contributed by atoms with Gasteiger partial charge in [0.15, 0.2) is 12.1 Å². The number of para-hydroxylation sites is 3. The fraction of sp³-hybridized carbons (Fsp3) is 0.100. The zero-order valence-electron chi connectivity index (χ0n) is 20.0. The molecular weight excluding hydrogens is 484 g/mol. The molecule has 2 atom stereocenters. The Balaban J connectivity index is 1.56. The van der Waals surface area contributed by atoms with Crippen molar-refractivity contribution in [3.05, 3.63) is 119 Å². The van der Waals surface area contributed by atoms with Crippen LogP contribution in [-0.4, -0.2) is 23.8 Å². The third kappa shape index (κ3) is 4.59. The molecule has 0 bridgehead atoms. The van der Waals surface area contributed by atoms with E-state index in [1.807, 2.05) is 91.1 Å². The number of aromatic nitrogens is 1. The second-order valence-electron chi connectivity index (χ2n) is 8.66. The fourth-order valence-corrected chi connectivity index (χ4v) is 4.70. The number of hydrogen-bond acceptors (Lipinski definition) is 5. The van der Waals surface area contributed by atoms with E-state index in [9.17, 15) is 0 Å². The molecule has 2 unspecified atom stereocenters. The molecule has 7 heteroatoms. The molecular formula is C30H23ClN4O2. The van der Waals surface area contributed by atoms with Crippen molar-refractivity contribution in [1.29, 1.82) is 0 Å². The minimum Gasteiger partial charge on any atom is -0.497 e. The summed E-state index contributed by atoms with van der Waals surface area (Å²) in [5.74, 6) is 1.45. The lowest BCUT2D eigenvalue weighted by Crippen LogP contribution is -2.29. The van der Waals surface area contributed by atoms with Gasteiger partial charge in [-0.25, -0.2) is 4.99 Å². The van der Waals surface area contributed by atoms with Crippen molar-refractivity contribution in [2.45, 2.75) is 12.1 Å². The molecule has 5 aromatic rings. The van der Waals surface area contributed by atoms with Crippen molar-refractivity contribution in [1.82, 2.24) is 4.98 Å². The molecule has 1 N–H and O–H groups in total. The number of ether oxygens (including phenoxy) is 2. The predicted octanol–water partition coefficient (Wildman–Crippen LogP) is 8.24. The van der Waals surface area contributed by atoms with Crippen LogP contribution in [0.1, 0.15) is 17.2 Å². The molecule has 0 fully saturated rings. The summed E-state index contributed by atoms with van der Waals surface area (Å²) in [6, 6.07) is 30.5. The zero-order chi connectivity index (χ0) is 25.2. The van der Waals surface area contributed by atoms with Gasteiger partial charge in [-0.2, -0.15) is 10.2 Å². The minimum atomic E-state index is -0.556. The summed E-state index contributed by atoms with van der Waals surface area (Å²) in [5, 5.41) is 11.1. The Kier molecular flexibility index (Phi) is 6.16. The van der Waals surface area contributed by atoms with Crippen molar-refractivity contribution in [3.8, 4) is 11.5 Å². The van der Waals surface area contributed by atoms with Gasteiger partial charge < -0.3 is 14.5 Å². The van der Waals surface area contributed by atoms with Gasteiger partial charge in [0, 0.05) is 27.7 Å². The summed E-state index contributed by atoms with van der Waals surface area (Å²) in [7, 11) is 1.65. The number of rotatable bonds is 5. The average Bonchev–Trinajstić information content (AvgIpc) is 3.29. The molecule has 0 aliphatic carbocycles. The van der Waals surface area contributed by atoms with E-state index < -0.39 is 12.1 Å². The number of nitrogens with one attached hydrogen (secondary N) is 1. The maximum atomic E-state index is 6.64. The number of H-pyrrole nitrogens is 1. The molecule has 6 rings (SSSR count). The van der Waals surface area contributed by atoms with Crippen LogP contribution >= 0.6 is 11.6 Å². The van der Waals surface area contributed by atoms with Gasteiger partial charge in [0.25, 0.3) is 0 Å². The number of aromatic amines is 1. The first-order chi connectivity index (χ1) is 18.2. The van der Waals surface area contributed by atoms with Gasteiger partial charge in [-0.1, -0.05) is 60.1 Å². The summed E-state index contributed by atoms with van der Waals surface area (Å²) in [6.07, 6.45) is 1.48. The van der Waals surface area contributed by atoms with Crippen molar-refractivity contribution < 1.29 is 9.47 Å². The third-order valence-corrected chi connectivity index (χ3v) is 6.58. The monoisotopic (exact) mass is 506 g/mol. The lowest BCUT2D eigenvalue weighted by Gasteiger charge is -2.24. The first-order valence-electron chi connectivity index (χ1n) is 11.9. The smallest absolute Gasteiger partial charge is 0.155 e. The van der Waals surface area contributed by atoms with E-state index in [-0.39, 0.29) is 0 Å². The van der Waals surface area contributed by atoms with Crippen molar-refractivity contribution in [3.63, 3.8) is 0 Å². The summed E-state index contributed by atoms with van der Waals surface area (Å²) in [6.45, 7) is 0. The molecule has 37 heavy (non-hydrogen) atoms. The maximum Gasteiger partial charge on any atom is 0.155 e. The molecule has 4 aromatic carbocycles. The summed E-state index contributed by atoms with van der Waals surface area (Å²) in [5.41, 5.74) is 5.05. The van der Waals surface area contributed by atoms with Gasteiger partial charge >= 0.3 is 0 Å². The second kappa shape index (κ2) is 9.91. The molecule has 0 spiro atoms. The molecule has 1 aromatic heterocycles. The Bertz CT molecular complexity index is 1620. The van der Waals surface area contributed by atoms with Gasteiger partial charge in [-0.05, 0) is 54.1 Å². The molecule has 1 aliphatic heterocycles. The van der Waals surface area contributed by atoms with Crippen LogP contribution in [0.3, 0.4) is 0 Å². The van der Waals surface area contributed by atoms with Crippen LogP contribution in [0.2, 0.25) is 5.02 Å². The molecule has 0 amide bonds. The molecule has 0 saturated heterocycles. The highest BCUT2D eigenvalue weighted by atomic mass is 35.5. The first-order valence-corrected chi connectivity index (χ1v) is 12.3. The van der Waals surface area contributed by atoms with E-state index in [2.05, 4.69) is 16.2 Å². The summed E-state index contributed by atoms with van der Waals surface area (Å²) in [4.78, 5) is 8.49. The number of halogens is 1. The van der Waals surface area contributed by atoms with Crippen LogP contribution in [0.4, 0.5) is 11.4 Å². The van der Waals surface area contributed by atoms with Crippen molar-refractivity contribution >= 4 is 39.6 Å². The van der Waals surface area contributed by atoms with E-state index >= 15 is 0 Å². The fourth-order valence-electron chi connectivity index (χ4n) is 4.52. The second-order valence-corrected chi connectivity index (χ2v) is 9.10. The third-order valence-electron chi connectivity index (χ3n) is 6.34. The molecule has 0 radical (unpaired) electrons. The average molecular weight is 507 g/mol. The zero-order valence-corrected chi connectivity index (χ0v) is 20.8. The number of hydrogen-bond donors (Lipinski definition) is 1. The highest BCUT2D eigenvalue weighted by molar-refractivity contribution is 6.30. The number of azo groups is 1. The molecule has 6 nitrogen and oxygen atoms in total. The number of nitrogens with zero attached hydrogens (tertiary/aromatic N) is 3. The van der Waals surface area contributed by atoms with Crippen LogP contribution in [0.25, 0.3) is 10.9 Å². The van der Waals surface area contributed by atoms with Crippen LogP contribution < -0.4 is 9.47 Å².